The number of aromatic nitrogens is 2. The van der Waals surface area contributed by atoms with E-state index < -0.39 is 11.4 Å². The minimum absolute atomic E-state index is 0.233. The minimum atomic E-state index is -0.657. The first-order valence-corrected chi connectivity index (χ1v) is 7.37. The Morgan fingerprint density at radius 1 is 1.57 bits per heavy atom. The molecule has 6 heteroatoms. The lowest BCUT2D eigenvalue weighted by atomic mass is 9.81. The molecule has 0 unspecified atom stereocenters. The van der Waals surface area contributed by atoms with Crippen LogP contribution in [0, 0.1) is 18.3 Å². The largest absolute Gasteiger partial charge is 0.481 e. The number of hydrogen-bond donors (Lipinski definition) is 1. The molecule has 2 heterocycles. The third-order valence-electron chi connectivity index (χ3n) is 4.78. The minimum Gasteiger partial charge on any atom is -0.481 e. The van der Waals surface area contributed by atoms with E-state index in [1.807, 2.05) is 13.0 Å². The van der Waals surface area contributed by atoms with Crippen LogP contribution in [-0.2, 0) is 16.1 Å². The Morgan fingerprint density at radius 3 is 3.05 bits per heavy atom. The summed E-state index contributed by atoms with van der Waals surface area (Å²) in [4.78, 5) is 22.7. The molecule has 6 nitrogen and oxygen atoms in total. The monoisotopic (exact) mass is 291 g/mol. The van der Waals surface area contributed by atoms with Crippen molar-refractivity contribution in [1.29, 1.82) is 0 Å². The van der Waals surface area contributed by atoms with Gasteiger partial charge in [0.25, 0.3) is 0 Å². The summed E-state index contributed by atoms with van der Waals surface area (Å²) in [7, 11) is 1.62. The zero-order valence-electron chi connectivity index (χ0n) is 12.5. The lowest BCUT2D eigenvalue weighted by Gasteiger charge is -2.24. The number of carboxylic acids is 1. The molecule has 1 saturated carbocycles. The van der Waals surface area contributed by atoms with Gasteiger partial charge in [-0.1, -0.05) is 6.42 Å². The van der Waals surface area contributed by atoms with Crippen molar-refractivity contribution in [3.63, 3.8) is 0 Å². The number of aryl methyl sites for hydroxylation is 1. The van der Waals surface area contributed by atoms with Crippen molar-refractivity contribution in [3.8, 4) is 0 Å². The lowest BCUT2D eigenvalue weighted by molar-refractivity contribution is -0.149. The molecule has 2 atom stereocenters. The molecule has 1 saturated heterocycles. The highest BCUT2D eigenvalue weighted by atomic mass is 16.5. The number of fused-ring (bicyclic) bond motifs is 1. The van der Waals surface area contributed by atoms with Gasteiger partial charge >= 0.3 is 5.97 Å². The topological polar surface area (TPSA) is 75.5 Å². The molecule has 1 aliphatic heterocycles. The van der Waals surface area contributed by atoms with Crippen molar-refractivity contribution in [1.82, 2.24) is 9.97 Å². The van der Waals surface area contributed by atoms with E-state index in [-0.39, 0.29) is 5.92 Å². The van der Waals surface area contributed by atoms with Crippen LogP contribution in [0.1, 0.15) is 30.8 Å². The summed E-state index contributed by atoms with van der Waals surface area (Å²) >= 11 is 0. The smallest absolute Gasteiger partial charge is 0.311 e. The van der Waals surface area contributed by atoms with Gasteiger partial charge in [0, 0.05) is 32.0 Å². The summed E-state index contributed by atoms with van der Waals surface area (Å²) in [6, 6.07) is 1.93. The van der Waals surface area contributed by atoms with Crippen LogP contribution in [0.15, 0.2) is 6.07 Å². The number of methoxy groups -OCH3 is 1. The van der Waals surface area contributed by atoms with Gasteiger partial charge < -0.3 is 14.7 Å². The fourth-order valence-corrected chi connectivity index (χ4v) is 3.78. The van der Waals surface area contributed by atoms with Crippen molar-refractivity contribution in [3.05, 3.63) is 17.6 Å². The molecule has 1 aromatic rings. The number of hydrogen-bond acceptors (Lipinski definition) is 5. The number of carboxylic acid groups (broad SMARTS) is 1. The number of aliphatic carboxylic acids is 1. The van der Waals surface area contributed by atoms with E-state index in [1.54, 1.807) is 7.11 Å². The van der Waals surface area contributed by atoms with Crippen LogP contribution in [0.4, 0.5) is 5.82 Å². The van der Waals surface area contributed by atoms with E-state index >= 15 is 0 Å². The number of ether oxygens (including phenoxy) is 1. The molecule has 21 heavy (non-hydrogen) atoms. The number of nitrogens with zero attached hydrogens (tertiary/aromatic N) is 3. The highest BCUT2D eigenvalue weighted by Gasteiger charge is 2.55. The maximum absolute atomic E-state index is 11.7. The third kappa shape index (κ3) is 2.37. The molecule has 0 radical (unpaired) electrons. The molecular weight excluding hydrogens is 270 g/mol. The molecule has 0 aromatic carbocycles. The maximum Gasteiger partial charge on any atom is 0.311 e. The number of carbonyl (C=O) groups is 1. The first-order valence-electron chi connectivity index (χ1n) is 7.37. The quantitative estimate of drug-likeness (QED) is 0.908. The van der Waals surface area contributed by atoms with Gasteiger partial charge in [0.05, 0.1) is 5.41 Å². The van der Waals surface area contributed by atoms with E-state index in [9.17, 15) is 9.90 Å². The fourth-order valence-electron chi connectivity index (χ4n) is 3.78. The molecule has 0 spiro atoms. The zero-order valence-corrected chi connectivity index (χ0v) is 12.5. The Bertz CT molecular complexity index is 563. The molecule has 114 valence electrons. The van der Waals surface area contributed by atoms with Crippen LogP contribution >= 0.6 is 0 Å². The number of rotatable bonds is 4. The van der Waals surface area contributed by atoms with Gasteiger partial charge in [-0.05, 0) is 25.7 Å². The Kier molecular flexibility index (Phi) is 3.57. The second-order valence-electron chi connectivity index (χ2n) is 6.15. The van der Waals surface area contributed by atoms with Gasteiger partial charge in [0.2, 0.25) is 0 Å². The number of anilines is 1. The van der Waals surface area contributed by atoms with E-state index in [0.29, 0.717) is 19.0 Å². The Hall–Kier alpha value is -1.69. The predicted molar refractivity (Wildman–Crippen MR) is 77.1 cm³/mol. The highest BCUT2D eigenvalue weighted by molar-refractivity contribution is 5.77. The van der Waals surface area contributed by atoms with Gasteiger partial charge in [-0.2, -0.15) is 0 Å². The Balaban J connectivity index is 1.88. The molecule has 1 aromatic heterocycles. The van der Waals surface area contributed by atoms with Crippen molar-refractivity contribution in [2.75, 3.05) is 25.1 Å². The molecular formula is C15H21N3O3. The summed E-state index contributed by atoms with van der Waals surface area (Å²) in [5.74, 6) is 1.05. The van der Waals surface area contributed by atoms with E-state index in [0.717, 1.165) is 37.3 Å². The van der Waals surface area contributed by atoms with Gasteiger partial charge in [0.1, 0.15) is 12.4 Å². The Labute approximate surface area is 124 Å². The van der Waals surface area contributed by atoms with Crippen LogP contribution in [0.25, 0.3) is 0 Å². The molecule has 0 amide bonds. The first kappa shape index (κ1) is 14.3. The predicted octanol–water partition coefficient (Wildman–Crippen LogP) is 1.62. The Morgan fingerprint density at radius 2 is 2.38 bits per heavy atom. The summed E-state index contributed by atoms with van der Waals surface area (Å²) in [5, 5.41) is 9.65. The average Bonchev–Trinajstić information content (AvgIpc) is 2.95. The van der Waals surface area contributed by atoms with Gasteiger partial charge in [-0.15, -0.1) is 0 Å². The van der Waals surface area contributed by atoms with Crippen LogP contribution in [-0.4, -0.2) is 41.2 Å². The van der Waals surface area contributed by atoms with Crippen molar-refractivity contribution in [2.45, 2.75) is 32.8 Å². The van der Waals surface area contributed by atoms with Crippen molar-refractivity contribution >= 4 is 11.8 Å². The fraction of sp³-hybridized carbons (Fsp3) is 0.667. The average molecular weight is 291 g/mol. The van der Waals surface area contributed by atoms with Gasteiger partial charge in [-0.25, -0.2) is 9.97 Å². The normalized spacial score (nSPS) is 27.9. The second kappa shape index (κ2) is 5.26. The van der Waals surface area contributed by atoms with E-state index in [1.165, 1.54) is 0 Å². The summed E-state index contributed by atoms with van der Waals surface area (Å²) in [6.45, 7) is 3.62. The molecule has 3 rings (SSSR count). The van der Waals surface area contributed by atoms with Crippen LogP contribution in [0.5, 0.6) is 0 Å². The lowest BCUT2D eigenvalue weighted by Crippen LogP contribution is -2.35. The van der Waals surface area contributed by atoms with Gasteiger partial charge in [-0.3, -0.25) is 4.79 Å². The molecule has 0 bridgehead atoms. The summed E-state index contributed by atoms with van der Waals surface area (Å²) in [6.07, 6.45) is 2.79. The highest BCUT2D eigenvalue weighted by Crippen LogP contribution is 2.49. The maximum atomic E-state index is 11.7. The van der Waals surface area contributed by atoms with E-state index in [2.05, 4.69) is 14.9 Å². The van der Waals surface area contributed by atoms with Crippen molar-refractivity contribution < 1.29 is 14.6 Å². The second-order valence-corrected chi connectivity index (χ2v) is 6.15. The summed E-state index contributed by atoms with van der Waals surface area (Å²) in [5.41, 5.74) is 0.300. The van der Waals surface area contributed by atoms with Crippen LogP contribution in [0.3, 0.4) is 0 Å². The molecule has 2 fully saturated rings. The molecule has 2 aliphatic rings. The SMILES string of the molecule is COCc1nc(C)cc(N2C[C@@H]3CCC[C@@]3(C(=O)O)C2)n1. The standard InChI is InChI=1S/C15H21N3O3/c1-10-6-13(17-12(16-10)8-21-2)18-7-11-4-3-5-15(11,9-18)14(19)20/h6,11H,3-5,7-9H2,1-2H3,(H,19,20)/t11-,15+/m0/s1. The zero-order chi connectivity index (χ0) is 15.0. The van der Waals surface area contributed by atoms with Crippen LogP contribution in [0.2, 0.25) is 0 Å². The molecule has 1 N–H and O–H groups in total. The van der Waals surface area contributed by atoms with E-state index in [4.69, 9.17) is 4.74 Å². The van der Waals surface area contributed by atoms with Crippen LogP contribution < -0.4 is 4.90 Å². The van der Waals surface area contributed by atoms with Gasteiger partial charge in [0.15, 0.2) is 5.82 Å². The first-order chi connectivity index (χ1) is 10.0. The third-order valence-corrected chi connectivity index (χ3v) is 4.78. The summed E-state index contributed by atoms with van der Waals surface area (Å²) < 4.78 is 5.10. The van der Waals surface area contributed by atoms with Crippen molar-refractivity contribution in [2.24, 2.45) is 11.3 Å². The molecule has 1 aliphatic carbocycles.